The van der Waals surface area contributed by atoms with Crippen LogP contribution in [0.25, 0.3) is 0 Å². The van der Waals surface area contributed by atoms with E-state index in [2.05, 4.69) is 5.32 Å². The molecule has 2 rings (SSSR count). The lowest BCUT2D eigenvalue weighted by molar-refractivity contribution is -0.134. The molecule has 1 N–H and O–H groups in total. The average Bonchev–Trinajstić information content (AvgIpc) is 2.28. The van der Waals surface area contributed by atoms with Gasteiger partial charge in [0.15, 0.2) is 6.17 Å². The predicted molar refractivity (Wildman–Crippen MR) is 56.3 cm³/mol. The molecule has 1 saturated heterocycles. The van der Waals surface area contributed by atoms with Gasteiger partial charge in [-0.25, -0.2) is 8.78 Å². The first-order valence-corrected chi connectivity index (χ1v) is 5.20. The molecule has 1 fully saturated rings. The summed E-state index contributed by atoms with van der Waals surface area (Å²) in [5, 5.41) is 2.42. The molecule has 1 heterocycles. The molecule has 0 saturated carbocycles. The highest BCUT2D eigenvalue weighted by Crippen LogP contribution is 2.33. The number of alkyl halides is 2. The number of carbonyl (C=O) groups excluding carboxylic acids is 1. The van der Waals surface area contributed by atoms with Crippen LogP contribution in [-0.2, 0) is 10.3 Å². The van der Waals surface area contributed by atoms with Gasteiger partial charge in [-0.15, -0.1) is 0 Å². The molecule has 0 radical (unpaired) electrons. The van der Waals surface area contributed by atoms with Gasteiger partial charge in [-0.05, 0) is 12.5 Å². The number of halogens is 2. The smallest absolute Gasteiger partial charge is 0.255 e. The van der Waals surface area contributed by atoms with Gasteiger partial charge in [0.1, 0.15) is 6.17 Å². The topological polar surface area (TPSA) is 29.1 Å². The van der Waals surface area contributed by atoms with Crippen molar-refractivity contribution in [3.05, 3.63) is 35.9 Å². The first kappa shape index (κ1) is 11.0. The van der Waals surface area contributed by atoms with E-state index in [9.17, 15) is 13.6 Å². The molecular weight excluding hydrogens is 212 g/mol. The highest BCUT2D eigenvalue weighted by Gasteiger charge is 2.45. The zero-order valence-corrected chi connectivity index (χ0v) is 8.91. The fourth-order valence-electron chi connectivity index (χ4n) is 1.97. The standard InChI is InChI=1S/C12H13F2NO/c1-12(8-5-3-2-4-6-8)10(14)7-9(13)11(16)15-12/h2-6,9-10H,7H2,1H3,(H,15,16)/t9?,10-,12+/m0/s1. The SMILES string of the molecule is C[C@]1(c2ccccc2)NC(=O)C(F)C[C@@H]1F. The molecule has 0 aliphatic carbocycles. The van der Waals surface area contributed by atoms with Gasteiger partial charge in [0, 0.05) is 6.42 Å². The zero-order valence-electron chi connectivity index (χ0n) is 8.91. The zero-order chi connectivity index (χ0) is 11.8. The fraction of sp³-hybridized carbons (Fsp3) is 0.417. The Balaban J connectivity index is 2.34. The van der Waals surface area contributed by atoms with Crippen molar-refractivity contribution in [2.45, 2.75) is 31.2 Å². The Bertz CT molecular complexity index is 395. The second-order valence-corrected chi connectivity index (χ2v) is 4.23. The van der Waals surface area contributed by atoms with Crippen LogP contribution in [0.2, 0.25) is 0 Å². The minimum Gasteiger partial charge on any atom is -0.341 e. The van der Waals surface area contributed by atoms with E-state index in [1.807, 2.05) is 6.07 Å². The van der Waals surface area contributed by atoms with E-state index in [1.54, 1.807) is 31.2 Å². The lowest BCUT2D eigenvalue weighted by atomic mass is 9.82. The lowest BCUT2D eigenvalue weighted by Gasteiger charge is -2.39. The maximum Gasteiger partial charge on any atom is 0.255 e. The Morgan fingerprint density at radius 2 is 1.94 bits per heavy atom. The average molecular weight is 225 g/mol. The van der Waals surface area contributed by atoms with E-state index < -0.39 is 23.8 Å². The summed E-state index contributed by atoms with van der Waals surface area (Å²) in [5.74, 6) is -0.736. The third-order valence-electron chi connectivity index (χ3n) is 3.08. The Morgan fingerprint density at radius 1 is 1.31 bits per heavy atom. The van der Waals surface area contributed by atoms with Crippen LogP contribution in [-0.4, -0.2) is 18.3 Å². The number of amides is 1. The summed E-state index contributed by atoms with van der Waals surface area (Å²) in [6.45, 7) is 1.58. The lowest BCUT2D eigenvalue weighted by Crippen LogP contribution is -2.58. The number of benzene rings is 1. The van der Waals surface area contributed by atoms with E-state index in [0.29, 0.717) is 5.56 Å². The van der Waals surface area contributed by atoms with Crippen molar-refractivity contribution in [1.82, 2.24) is 5.32 Å². The fourth-order valence-corrected chi connectivity index (χ4v) is 1.97. The number of nitrogens with one attached hydrogen (secondary N) is 1. The Morgan fingerprint density at radius 3 is 2.56 bits per heavy atom. The highest BCUT2D eigenvalue weighted by atomic mass is 19.1. The van der Waals surface area contributed by atoms with Crippen LogP contribution in [0.5, 0.6) is 0 Å². The molecule has 0 spiro atoms. The van der Waals surface area contributed by atoms with Crippen molar-refractivity contribution in [2.75, 3.05) is 0 Å². The van der Waals surface area contributed by atoms with Crippen LogP contribution in [0, 0.1) is 0 Å². The third-order valence-corrected chi connectivity index (χ3v) is 3.08. The molecule has 1 unspecified atom stereocenters. The predicted octanol–water partition coefficient (Wildman–Crippen LogP) is 2.10. The van der Waals surface area contributed by atoms with E-state index >= 15 is 0 Å². The molecule has 1 aromatic carbocycles. The van der Waals surface area contributed by atoms with Crippen molar-refractivity contribution < 1.29 is 13.6 Å². The van der Waals surface area contributed by atoms with E-state index in [0.717, 1.165) is 0 Å². The summed E-state index contributed by atoms with van der Waals surface area (Å²) in [7, 11) is 0. The third kappa shape index (κ3) is 1.68. The number of rotatable bonds is 1. The van der Waals surface area contributed by atoms with Gasteiger partial charge in [-0.3, -0.25) is 4.79 Å². The molecule has 1 amide bonds. The quantitative estimate of drug-likeness (QED) is 0.779. The van der Waals surface area contributed by atoms with Crippen molar-refractivity contribution in [2.24, 2.45) is 0 Å². The van der Waals surface area contributed by atoms with Crippen molar-refractivity contribution in [3.63, 3.8) is 0 Å². The second kappa shape index (κ2) is 3.85. The summed E-state index contributed by atoms with van der Waals surface area (Å²) >= 11 is 0. The molecule has 2 nitrogen and oxygen atoms in total. The summed E-state index contributed by atoms with van der Waals surface area (Å²) in [4.78, 5) is 11.3. The normalized spacial score (nSPS) is 34.6. The van der Waals surface area contributed by atoms with Crippen LogP contribution in [0.15, 0.2) is 30.3 Å². The molecular formula is C12H13F2NO. The van der Waals surface area contributed by atoms with Crippen molar-refractivity contribution >= 4 is 5.91 Å². The van der Waals surface area contributed by atoms with Gasteiger partial charge in [0.05, 0.1) is 5.54 Å². The summed E-state index contributed by atoms with van der Waals surface area (Å²) < 4.78 is 26.9. The van der Waals surface area contributed by atoms with Crippen LogP contribution >= 0.6 is 0 Å². The number of piperidine rings is 1. The minimum absolute atomic E-state index is 0.378. The van der Waals surface area contributed by atoms with Gasteiger partial charge in [-0.1, -0.05) is 30.3 Å². The van der Waals surface area contributed by atoms with Gasteiger partial charge < -0.3 is 5.32 Å². The van der Waals surface area contributed by atoms with E-state index in [4.69, 9.17) is 0 Å². The number of hydrogen-bond acceptors (Lipinski definition) is 1. The van der Waals surface area contributed by atoms with E-state index in [-0.39, 0.29) is 6.42 Å². The summed E-state index contributed by atoms with van der Waals surface area (Å²) in [6.07, 6.45) is -3.54. The largest absolute Gasteiger partial charge is 0.341 e. The maximum absolute atomic E-state index is 13.9. The van der Waals surface area contributed by atoms with Crippen molar-refractivity contribution in [3.8, 4) is 0 Å². The number of hydrogen-bond donors (Lipinski definition) is 1. The first-order chi connectivity index (χ1) is 7.54. The van der Waals surface area contributed by atoms with Crippen LogP contribution in [0.3, 0.4) is 0 Å². The van der Waals surface area contributed by atoms with Crippen LogP contribution in [0.4, 0.5) is 8.78 Å². The second-order valence-electron chi connectivity index (χ2n) is 4.23. The van der Waals surface area contributed by atoms with Gasteiger partial charge >= 0.3 is 0 Å². The van der Waals surface area contributed by atoms with Crippen molar-refractivity contribution in [1.29, 1.82) is 0 Å². The first-order valence-electron chi connectivity index (χ1n) is 5.20. The van der Waals surface area contributed by atoms with Gasteiger partial charge in [0.2, 0.25) is 0 Å². The van der Waals surface area contributed by atoms with E-state index in [1.165, 1.54) is 0 Å². The Labute approximate surface area is 92.7 Å². The highest BCUT2D eigenvalue weighted by molar-refractivity contribution is 5.82. The Kier molecular flexibility index (Phi) is 2.66. The molecule has 0 aromatic heterocycles. The molecule has 4 heteroatoms. The van der Waals surface area contributed by atoms with Gasteiger partial charge in [-0.2, -0.15) is 0 Å². The van der Waals surface area contributed by atoms with Crippen LogP contribution < -0.4 is 5.32 Å². The summed E-state index contributed by atoms with van der Waals surface area (Å²) in [5.41, 5.74) is -0.469. The summed E-state index contributed by atoms with van der Waals surface area (Å²) in [6, 6.07) is 8.79. The molecule has 0 bridgehead atoms. The molecule has 1 aliphatic heterocycles. The molecule has 86 valence electrons. The number of carbonyl (C=O) groups is 1. The minimum atomic E-state index is -1.74. The molecule has 16 heavy (non-hydrogen) atoms. The Hall–Kier alpha value is -1.45. The molecule has 1 aliphatic rings. The van der Waals surface area contributed by atoms with Gasteiger partial charge in [0.25, 0.3) is 5.91 Å². The molecule has 1 aromatic rings. The maximum atomic E-state index is 13.9. The monoisotopic (exact) mass is 225 g/mol. The van der Waals surface area contributed by atoms with Crippen LogP contribution in [0.1, 0.15) is 18.9 Å². The molecule has 3 atom stereocenters.